The van der Waals surface area contributed by atoms with Crippen LogP contribution < -0.4 is 4.74 Å². The second-order valence-corrected chi connectivity index (χ2v) is 5.71. The second kappa shape index (κ2) is 5.47. The van der Waals surface area contributed by atoms with Gasteiger partial charge in [-0.15, -0.1) is 0 Å². The average molecular weight is 268 g/mol. The molecule has 19 heavy (non-hydrogen) atoms. The summed E-state index contributed by atoms with van der Waals surface area (Å²) in [7, 11) is 0. The van der Waals surface area contributed by atoms with Crippen molar-refractivity contribution < 1.29 is 19.0 Å². The standard InChI is InChI=1S/C15H21FO3/c1-10(17)13-5-4-11(16)8-14(13)18-9-12-6-7-15(2,3)19-12/h4-5,8,10,12,17H,6-7,9H2,1-3H3. The molecule has 1 aliphatic heterocycles. The monoisotopic (exact) mass is 268 g/mol. The summed E-state index contributed by atoms with van der Waals surface area (Å²) < 4.78 is 24.7. The van der Waals surface area contributed by atoms with Crippen LogP contribution in [0.5, 0.6) is 5.75 Å². The molecule has 1 aromatic rings. The fourth-order valence-corrected chi connectivity index (χ4v) is 2.36. The van der Waals surface area contributed by atoms with Crippen LogP contribution >= 0.6 is 0 Å². The van der Waals surface area contributed by atoms with Gasteiger partial charge < -0.3 is 14.6 Å². The highest BCUT2D eigenvalue weighted by atomic mass is 19.1. The molecule has 1 fully saturated rings. The number of rotatable bonds is 4. The van der Waals surface area contributed by atoms with E-state index in [2.05, 4.69) is 13.8 Å². The van der Waals surface area contributed by atoms with Crippen LogP contribution in [0, 0.1) is 5.82 Å². The van der Waals surface area contributed by atoms with E-state index < -0.39 is 6.10 Å². The third-order valence-electron chi connectivity index (χ3n) is 3.40. The lowest BCUT2D eigenvalue weighted by Gasteiger charge is -2.20. The van der Waals surface area contributed by atoms with Gasteiger partial charge in [-0.2, -0.15) is 0 Å². The molecule has 1 aromatic carbocycles. The van der Waals surface area contributed by atoms with E-state index in [4.69, 9.17) is 9.47 Å². The second-order valence-electron chi connectivity index (χ2n) is 5.71. The van der Waals surface area contributed by atoms with Crippen LogP contribution in [0.15, 0.2) is 18.2 Å². The number of benzene rings is 1. The zero-order valence-electron chi connectivity index (χ0n) is 11.6. The number of aliphatic hydroxyl groups is 1. The van der Waals surface area contributed by atoms with Crippen molar-refractivity contribution >= 4 is 0 Å². The van der Waals surface area contributed by atoms with Gasteiger partial charge >= 0.3 is 0 Å². The maximum absolute atomic E-state index is 13.2. The summed E-state index contributed by atoms with van der Waals surface area (Å²) in [5, 5.41) is 9.64. The third kappa shape index (κ3) is 3.67. The molecule has 1 N–H and O–H groups in total. The molecule has 0 bridgehead atoms. The number of hydrogen-bond donors (Lipinski definition) is 1. The Hall–Kier alpha value is -1.13. The van der Waals surface area contributed by atoms with Gasteiger partial charge in [0.1, 0.15) is 18.2 Å². The van der Waals surface area contributed by atoms with Crippen LogP contribution in [0.3, 0.4) is 0 Å². The van der Waals surface area contributed by atoms with Crippen molar-refractivity contribution in [2.24, 2.45) is 0 Å². The van der Waals surface area contributed by atoms with E-state index in [1.165, 1.54) is 12.1 Å². The Balaban J connectivity index is 2.01. The van der Waals surface area contributed by atoms with Crippen LogP contribution in [-0.2, 0) is 4.74 Å². The zero-order valence-corrected chi connectivity index (χ0v) is 11.6. The van der Waals surface area contributed by atoms with Crippen LogP contribution in [0.4, 0.5) is 4.39 Å². The van der Waals surface area contributed by atoms with Gasteiger partial charge in [-0.25, -0.2) is 4.39 Å². The summed E-state index contributed by atoms with van der Waals surface area (Å²) in [5.41, 5.74) is 0.488. The van der Waals surface area contributed by atoms with Crippen molar-refractivity contribution in [3.05, 3.63) is 29.6 Å². The molecule has 0 saturated carbocycles. The largest absolute Gasteiger partial charge is 0.490 e. The lowest BCUT2D eigenvalue weighted by Crippen LogP contribution is -2.24. The van der Waals surface area contributed by atoms with Gasteiger partial charge in [0.05, 0.1) is 17.8 Å². The van der Waals surface area contributed by atoms with E-state index in [1.807, 2.05) is 0 Å². The van der Waals surface area contributed by atoms with Crippen molar-refractivity contribution in [1.29, 1.82) is 0 Å². The quantitative estimate of drug-likeness (QED) is 0.911. The van der Waals surface area contributed by atoms with Crippen LogP contribution in [0.1, 0.15) is 45.3 Å². The Bertz CT molecular complexity index is 443. The van der Waals surface area contributed by atoms with Crippen molar-refractivity contribution in [3.8, 4) is 5.75 Å². The molecule has 3 nitrogen and oxygen atoms in total. The van der Waals surface area contributed by atoms with Crippen molar-refractivity contribution in [3.63, 3.8) is 0 Å². The highest BCUT2D eigenvalue weighted by Gasteiger charge is 2.32. The molecular formula is C15H21FO3. The summed E-state index contributed by atoms with van der Waals surface area (Å²) in [6, 6.07) is 4.18. The van der Waals surface area contributed by atoms with Gasteiger partial charge in [0.2, 0.25) is 0 Å². The Morgan fingerprint density at radius 3 is 2.84 bits per heavy atom. The van der Waals surface area contributed by atoms with E-state index in [0.717, 1.165) is 12.8 Å². The third-order valence-corrected chi connectivity index (χ3v) is 3.40. The Morgan fingerprint density at radius 1 is 1.53 bits per heavy atom. The fraction of sp³-hybridized carbons (Fsp3) is 0.600. The SMILES string of the molecule is CC(O)c1ccc(F)cc1OCC1CCC(C)(C)O1. The van der Waals surface area contributed by atoms with Crippen LogP contribution in [0.2, 0.25) is 0 Å². The van der Waals surface area contributed by atoms with Gasteiger partial charge in [0, 0.05) is 11.6 Å². The molecule has 1 aliphatic rings. The minimum Gasteiger partial charge on any atom is -0.490 e. The number of aliphatic hydroxyl groups excluding tert-OH is 1. The normalized spacial score (nSPS) is 23.3. The predicted octanol–water partition coefficient (Wildman–Crippen LogP) is 3.22. The van der Waals surface area contributed by atoms with Crippen molar-refractivity contribution in [1.82, 2.24) is 0 Å². The first-order valence-corrected chi connectivity index (χ1v) is 6.65. The van der Waals surface area contributed by atoms with E-state index in [0.29, 0.717) is 17.9 Å². The molecule has 0 aromatic heterocycles. The molecule has 2 atom stereocenters. The minimum atomic E-state index is -0.684. The first-order valence-electron chi connectivity index (χ1n) is 6.65. The lowest BCUT2D eigenvalue weighted by atomic mass is 10.1. The average Bonchev–Trinajstić information content (AvgIpc) is 2.66. The van der Waals surface area contributed by atoms with E-state index in [-0.39, 0.29) is 17.5 Å². The van der Waals surface area contributed by atoms with Gasteiger partial charge in [-0.1, -0.05) is 0 Å². The number of hydrogen-bond acceptors (Lipinski definition) is 3. The molecule has 0 amide bonds. The first kappa shape index (κ1) is 14.3. The van der Waals surface area contributed by atoms with Gasteiger partial charge in [-0.3, -0.25) is 0 Å². The molecular weight excluding hydrogens is 247 g/mol. The van der Waals surface area contributed by atoms with E-state index in [9.17, 15) is 9.50 Å². The molecule has 2 unspecified atom stereocenters. The summed E-state index contributed by atoms with van der Waals surface area (Å²) in [6.45, 7) is 6.12. The molecule has 2 rings (SSSR count). The molecule has 0 aliphatic carbocycles. The molecule has 1 heterocycles. The van der Waals surface area contributed by atoms with Gasteiger partial charge in [0.15, 0.2) is 0 Å². The molecule has 0 radical (unpaired) electrons. The zero-order chi connectivity index (χ0) is 14.0. The molecule has 0 spiro atoms. The Labute approximate surface area is 113 Å². The highest BCUT2D eigenvalue weighted by Crippen LogP contribution is 2.31. The molecule has 106 valence electrons. The van der Waals surface area contributed by atoms with E-state index >= 15 is 0 Å². The van der Waals surface area contributed by atoms with Crippen LogP contribution in [0.25, 0.3) is 0 Å². The summed E-state index contributed by atoms with van der Waals surface area (Å²) in [6.07, 6.45) is 1.27. The van der Waals surface area contributed by atoms with Crippen molar-refractivity contribution in [2.45, 2.75) is 51.4 Å². The minimum absolute atomic E-state index is 0.0279. The number of halogens is 1. The van der Waals surface area contributed by atoms with Gasteiger partial charge in [-0.05, 0) is 45.7 Å². The first-order chi connectivity index (χ1) is 8.87. The fourth-order valence-electron chi connectivity index (χ4n) is 2.36. The maximum Gasteiger partial charge on any atom is 0.128 e. The predicted molar refractivity (Wildman–Crippen MR) is 70.7 cm³/mol. The highest BCUT2D eigenvalue weighted by molar-refractivity contribution is 5.35. The van der Waals surface area contributed by atoms with Crippen LogP contribution in [-0.4, -0.2) is 23.4 Å². The topological polar surface area (TPSA) is 38.7 Å². The molecule has 4 heteroatoms. The maximum atomic E-state index is 13.2. The van der Waals surface area contributed by atoms with Crippen molar-refractivity contribution in [2.75, 3.05) is 6.61 Å². The summed E-state index contributed by atoms with van der Waals surface area (Å²) in [4.78, 5) is 0. The van der Waals surface area contributed by atoms with Gasteiger partial charge in [0.25, 0.3) is 0 Å². The van der Waals surface area contributed by atoms with E-state index in [1.54, 1.807) is 13.0 Å². The Kier molecular flexibility index (Phi) is 4.11. The Morgan fingerprint density at radius 2 is 2.26 bits per heavy atom. The summed E-state index contributed by atoms with van der Waals surface area (Å²) >= 11 is 0. The summed E-state index contributed by atoms with van der Waals surface area (Å²) in [5.74, 6) is 0.0235. The smallest absolute Gasteiger partial charge is 0.128 e. The molecule has 1 saturated heterocycles. The number of ether oxygens (including phenoxy) is 2. The lowest BCUT2D eigenvalue weighted by molar-refractivity contribution is -0.0330.